The summed E-state index contributed by atoms with van der Waals surface area (Å²) in [6.07, 6.45) is -3.38. The van der Waals surface area contributed by atoms with E-state index in [9.17, 15) is 13.2 Å². The Kier molecular flexibility index (Phi) is 4.78. The third kappa shape index (κ3) is 3.38. The van der Waals surface area contributed by atoms with Crippen molar-refractivity contribution < 1.29 is 18.3 Å². The summed E-state index contributed by atoms with van der Waals surface area (Å²) in [5.41, 5.74) is 0.687. The number of nitrogens with zero attached hydrogens (tertiary/aromatic N) is 5. The number of aromatic nitrogens is 4. The number of hydrogen-bond acceptors (Lipinski definition) is 5. The summed E-state index contributed by atoms with van der Waals surface area (Å²) in [6.45, 7) is 7.12. The molecule has 1 aromatic carbocycles. The summed E-state index contributed by atoms with van der Waals surface area (Å²) in [5, 5.41) is 16.1. The minimum Gasteiger partial charge on any atom is -0.396 e. The number of rotatable bonds is 5. The van der Waals surface area contributed by atoms with Gasteiger partial charge in [0.15, 0.2) is 11.3 Å². The molecular weight excluding hydrogens is 355 g/mol. The molecule has 0 aliphatic heterocycles. The molecule has 0 fully saturated rings. The molecule has 0 bridgehead atoms. The Bertz CT molecular complexity index is 964. The van der Waals surface area contributed by atoms with E-state index in [1.807, 2.05) is 0 Å². The molecule has 25 heavy (non-hydrogen) atoms. The third-order valence-electron chi connectivity index (χ3n) is 3.45. The number of halogens is 3. The maximum atomic E-state index is 13.3. The number of aliphatic hydroxyl groups excluding tert-OH is 1. The zero-order valence-corrected chi connectivity index (χ0v) is 13.6. The lowest BCUT2D eigenvalue weighted by Crippen LogP contribution is -2.11. The molecular formula is C15H12F3N5OS. The van der Waals surface area contributed by atoms with Crippen molar-refractivity contribution in [1.29, 1.82) is 0 Å². The molecule has 10 heteroatoms. The summed E-state index contributed by atoms with van der Waals surface area (Å²) in [4.78, 5) is 7.63. The minimum atomic E-state index is -4.68. The summed E-state index contributed by atoms with van der Waals surface area (Å²) >= 11 is 1.27. The molecule has 0 atom stereocenters. The van der Waals surface area contributed by atoms with Crippen LogP contribution >= 0.6 is 11.8 Å². The summed E-state index contributed by atoms with van der Waals surface area (Å²) in [6, 6.07) is 4.37. The highest BCUT2D eigenvalue weighted by Crippen LogP contribution is 2.34. The molecule has 0 aliphatic rings. The third-order valence-corrected chi connectivity index (χ3v) is 4.49. The van der Waals surface area contributed by atoms with Crippen molar-refractivity contribution >= 4 is 34.1 Å². The highest BCUT2D eigenvalue weighted by atomic mass is 32.2. The SMILES string of the molecule is [C-]#[N+]c1ccc2nc(SCCCCO)c3nnc(C(F)(F)F)n3c2c1. The van der Waals surface area contributed by atoms with E-state index in [0.29, 0.717) is 29.1 Å². The Balaban J connectivity index is 2.21. The molecule has 0 saturated heterocycles. The first-order valence-corrected chi connectivity index (χ1v) is 8.31. The van der Waals surface area contributed by atoms with Crippen molar-refractivity contribution in [3.63, 3.8) is 0 Å². The van der Waals surface area contributed by atoms with E-state index < -0.39 is 12.0 Å². The molecule has 1 N–H and O–H groups in total. The molecule has 3 aromatic rings. The molecule has 0 saturated carbocycles. The second kappa shape index (κ2) is 6.85. The van der Waals surface area contributed by atoms with Crippen molar-refractivity contribution in [2.24, 2.45) is 0 Å². The van der Waals surface area contributed by atoms with Crippen LogP contribution in [0, 0.1) is 6.57 Å². The average Bonchev–Trinajstić information content (AvgIpc) is 3.04. The molecule has 6 nitrogen and oxygen atoms in total. The maximum Gasteiger partial charge on any atom is 0.452 e. The first-order chi connectivity index (χ1) is 12.0. The number of unbranched alkanes of at least 4 members (excludes halogenated alkanes) is 1. The average molecular weight is 367 g/mol. The van der Waals surface area contributed by atoms with Crippen LogP contribution in [0.2, 0.25) is 0 Å². The van der Waals surface area contributed by atoms with Crippen LogP contribution in [0.5, 0.6) is 0 Å². The van der Waals surface area contributed by atoms with Gasteiger partial charge >= 0.3 is 6.18 Å². The largest absolute Gasteiger partial charge is 0.452 e. The van der Waals surface area contributed by atoms with Crippen LogP contribution in [-0.2, 0) is 6.18 Å². The fraction of sp³-hybridized carbons (Fsp3) is 0.333. The monoisotopic (exact) mass is 367 g/mol. The van der Waals surface area contributed by atoms with Crippen LogP contribution in [0.15, 0.2) is 23.2 Å². The molecule has 130 valence electrons. The second-order valence-corrected chi connectivity index (χ2v) is 6.24. The fourth-order valence-corrected chi connectivity index (χ4v) is 3.29. The summed E-state index contributed by atoms with van der Waals surface area (Å²) < 4.78 is 40.8. The highest BCUT2D eigenvalue weighted by molar-refractivity contribution is 7.99. The fourth-order valence-electron chi connectivity index (χ4n) is 2.33. The smallest absolute Gasteiger partial charge is 0.396 e. The van der Waals surface area contributed by atoms with Gasteiger partial charge in [-0.3, -0.25) is 4.40 Å². The lowest BCUT2D eigenvalue weighted by atomic mass is 10.2. The lowest BCUT2D eigenvalue weighted by molar-refractivity contribution is -0.145. The van der Waals surface area contributed by atoms with E-state index in [4.69, 9.17) is 11.7 Å². The van der Waals surface area contributed by atoms with E-state index in [2.05, 4.69) is 20.0 Å². The standard InChI is InChI=1S/C15H12F3N5OS/c1-19-9-4-5-10-11(8-9)23-12(21-22-14(23)15(16,17)18)13(20-10)25-7-3-2-6-24/h4-5,8,24H,2-3,6-7H2. The van der Waals surface area contributed by atoms with Gasteiger partial charge in [0.1, 0.15) is 5.03 Å². The normalized spacial score (nSPS) is 12.0. The number of aliphatic hydroxyl groups is 1. The van der Waals surface area contributed by atoms with Crippen LogP contribution < -0.4 is 0 Å². The van der Waals surface area contributed by atoms with Gasteiger partial charge in [-0.05, 0) is 30.7 Å². The van der Waals surface area contributed by atoms with Crippen LogP contribution in [0.4, 0.5) is 18.9 Å². The van der Waals surface area contributed by atoms with Gasteiger partial charge in [-0.15, -0.1) is 22.0 Å². The van der Waals surface area contributed by atoms with Gasteiger partial charge in [0.05, 0.1) is 17.6 Å². The first-order valence-electron chi connectivity index (χ1n) is 7.33. The molecule has 2 heterocycles. The van der Waals surface area contributed by atoms with Crippen molar-refractivity contribution in [2.75, 3.05) is 12.4 Å². The molecule has 3 rings (SSSR count). The van der Waals surface area contributed by atoms with E-state index in [0.717, 1.165) is 4.40 Å². The number of alkyl halides is 3. The van der Waals surface area contributed by atoms with Gasteiger partial charge in [-0.1, -0.05) is 6.07 Å². The van der Waals surface area contributed by atoms with E-state index in [1.165, 1.54) is 30.0 Å². The Hall–Kier alpha value is -2.38. The van der Waals surface area contributed by atoms with Crippen molar-refractivity contribution in [3.8, 4) is 0 Å². The Morgan fingerprint density at radius 3 is 2.72 bits per heavy atom. The number of fused-ring (bicyclic) bond motifs is 3. The van der Waals surface area contributed by atoms with Gasteiger partial charge in [0.25, 0.3) is 0 Å². The molecule has 2 aromatic heterocycles. The molecule has 0 radical (unpaired) electrons. The van der Waals surface area contributed by atoms with E-state index >= 15 is 0 Å². The zero-order valence-electron chi connectivity index (χ0n) is 12.8. The van der Waals surface area contributed by atoms with Crippen LogP contribution in [0.1, 0.15) is 18.7 Å². The lowest BCUT2D eigenvalue weighted by Gasteiger charge is -2.10. The Morgan fingerprint density at radius 1 is 1.24 bits per heavy atom. The molecule has 0 amide bonds. The zero-order chi connectivity index (χ0) is 18.0. The maximum absolute atomic E-state index is 13.3. The van der Waals surface area contributed by atoms with Crippen molar-refractivity contribution in [1.82, 2.24) is 19.6 Å². The van der Waals surface area contributed by atoms with Gasteiger partial charge in [-0.2, -0.15) is 13.2 Å². The van der Waals surface area contributed by atoms with Crippen LogP contribution in [0.3, 0.4) is 0 Å². The quantitative estimate of drug-likeness (QED) is 0.423. The highest BCUT2D eigenvalue weighted by Gasteiger charge is 2.38. The summed E-state index contributed by atoms with van der Waals surface area (Å²) in [7, 11) is 0. The predicted molar refractivity (Wildman–Crippen MR) is 86.6 cm³/mol. The van der Waals surface area contributed by atoms with E-state index in [1.54, 1.807) is 0 Å². The number of benzene rings is 1. The van der Waals surface area contributed by atoms with Gasteiger partial charge in [-0.25, -0.2) is 9.83 Å². The Morgan fingerprint density at radius 2 is 2.04 bits per heavy atom. The second-order valence-electron chi connectivity index (χ2n) is 5.16. The van der Waals surface area contributed by atoms with Crippen LogP contribution in [0.25, 0.3) is 21.5 Å². The van der Waals surface area contributed by atoms with Crippen LogP contribution in [-0.4, -0.2) is 37.0 Å². The van der Waals surface area contributed by atoms with E-state index in [-0.39, 0.29) is 23.5 Å². The van der Waals surface area contributed by atoms with Gasteiger partial charge < -0.3 is 5.11 Å². The Labute approximate surface area is 144 Å². The van der Waals surface area contributed by atoms with Gasteiger partial charge in [0.2, 0.25) is 5.82 Å². The summed E-state index contributed by atoms with van der Waals surface area (Å²) in [5.74, 6) is -0.558. The molecule has 0 aliphatic carbocycles. The minimum absolute atomic E-state index is 0.0101. The number of hydrogen-bond donors (Lipinski definition) is 1. The van der Waals surface area contributed by atoms with Crippen molar-refractivity contribution in [2.45, 2.75) is 24.0 Å². The molecule has 0 unspecified atom stereocenters. The van der Waals surface area contributed by atoms with Gasteiger partial charge in [0, 0.05) is 6.61 Å². The first kappa shape index (κ1) is 17.4. The van der Waals surface area contributed by atoms with Crippen molar-refractivity contribution in [3.05, 3.63) is 35.4 Å². The number of thioether (sulfide) groups is 1. The topological polar surface area (TPSA) is 67.7 Å². The predicted octanol–water partition coefficient (Wildman–Crippen LogP) is 3.71. The molecule has 0 spiro atoms.